The third-order valence-electron chi connectivity index (χ3n) is 9.13. The molecule has 4 heteroatoms. The second-order valence-corrected chi connectivity index (χ2v) is 12.0. The highest BCUT2D eigenvalue weighted by Gasteiger charge is 2.25. The van der Waals surface area contributed by atoms with Gasteiger partial charge in [-0.2, -0.15) is 0 Å². The minimum Gasteiger partial charge on any atom is -0.456 e. The van der Waals surface area contributed by atoms with E-state index >= 15 is 0 Å². The molecule has 2 aromatic heterocycles. The van der Waals surface area contributed by atoms with E-state index in [2.05, 4.69) is 84.9 Å². The summed E-state index contributed by atoms with van der Waals surface area (Å²) in [6, 6.07) is 50.5. The van der Waals surface area contributed by atoms with Crippen LogP contribution in [0.5, 0.6) is 0 Å². The molecule has 0 spiro atoms. The third kappa shape index (κ3) is 4.91. The second-order valence-electron chi connectivity index (χ2n) is 12.0. The molecule has 0 amide bonds. The lowest BCUT2D eigenvalue weighted by Crippen LogP contribution is -2.05. The number of furan rings is 1. The Kier molecular flexibility index (Phi) is 6.57. The van der Waals surface area contributed by atoms with Crippen molar-refractivity contribution in [1.29, 1.82) is 0 Å². The number of allylic oxidation sites excluding steroid dienone is 1. The van der Waals surface area contributed by atoms with Gasteiger partial charge in [-0.15, -0.1) is 0 Å². The molecule has 47 heavy (non-hydrogen) atoms. The van der Waals surface area contributed by atoms with Gasteiger partial charge in [-0.1, -0.05) is 146 Å². The first-order valence-corrected chi connectivity index (χ1v) is 16.0. The minimum absolute atomic E-state index is 0.219. The van der Waals surface area contributed by atoms with Crippen LogP contribution in [0.1, 0.15) is 22.8 Å². The van der Waals surface area contributed by atoms with Gasteiger partial charge >= 0.3 is 0 Å². The number of rotatable bonds is 5. The molecule has 222 valence electrons. The first kappa shape index (κ1) is 27.2. The molecule has 0 radical (unpaired) electrons. The van der Waals surface area contributed by atoms with Gasteiger partial charge in [0.05, 0.1) is 0 Å². The van der Waals surface area contributed by atoms with Gasteiger partial charge in [0.2, 0.25) is 0 Å². The Morgan fingerprint density at radius 1 is 0.511 bits per heavy atom. The molecular formula is C43H29N3O. The predicted molar refractivity (Wildman–Crippen MR) is 191 cm³/mol. The summed E-state index contributed by atoms with van der Waals surface area (Å²) in [5.41, 5.74) is 8.62. The maximum atomic E-state index is 6.43. The van der Waals surface area contributed by atoms with E-state index in [0.29, 0.717) is 17.5 Å². The van der Waals surface area contributed by atoms with Crippen molar-refractivity contribution in [2.45, 2.75) is 12.3 Å². The number of nitrogens with zero attached hydrogens (tertiary/aromatic N) is 3. The van der Waals surface area contributed by atoms with Crippen molar-refractivity contribution in [3.05, 3.63) is 169 Å². The second kappa shape index (κ2) is 11.3. The highest BCUT2D eigenvalue weighted by Crippen LogP contribution is 2.41. The van der Waals surface area contributed by atoms with E-state index in [0.717, 1.165) is 39.8 Å². The van der Waals surface area contributed by atoms with Gasteiger partial charge in [0, 0.05) is 33.6 Å². The van der Waals surface area contributed by atoms with Crippen LogP contribution in [0, 0.1) is 0 Å². The van der Waals surface area contributed by atoms with Gasteiger partial charge in [0.15, 0.2) is 17.5 Å². The zero-order chi connectivity index (χ0) is 31.2. The Morgan fingerprint density at radius 3 is 1.87 bits per heavy atom. The summed E-state index contributed by atoms with van der Waals surface area (Å²) in [5.74, 6) is 3.05. The molecule has 8 aromatic rings. The van der Waals surface area contributed by atoms with E-state index in [4.69, 9.17) is 19.4 Å². The molecule has 0 unspecified atom stereocenters. The quantitative estimate of drug-likeness (QED) is 0.196. The standard InChI is InChI=1S/C43H29N3O/c1-3-12-31(13-4-1)41-44-42(32-14-5-2-6-15-32)46-43(45-41)36-19-10-20-39-40(36)37-27-33(25-26-38(37)47-39)28-21-23-30(24-22-28)35-18-9-16-29-11-7-8-17-34(29)35/h1-26,33H,27H2/t33-/m1/s1. The number of benzene rings is 6. The monoisotopic (exact) mass is 603 g/mol. The molecule has 1 aliphatic rings. The summed E-state index contributed by atoms with van der Waals surface area (Å²) < 4.78 is 6.43. The number of hydrogen-bond acceptors (Lipinski definition) is 4. The van der Waals surface area contributed by atoms with E-state index in [-0.39, 0.29) is 5.92 Å². The fraction of sp³-hybridized carbons (Fsp3) is 0.0465. The van der Waals surface area contributed by atoms with Crippen LogP contribution in [0.4, 0.5) is 0 Å². The van der Waals surface area contributed by atoms with Gasteiger partial charge in [0.25, 0.3) is 0 Å². The lowest BCUT2D eigenvalue weighted by Gasteiger charge is -2.18. The van der Waals surface area contributed by atoms with Gasteiger partial charge in [-0.3, -0.25) is 0 Å². The molecule has 6 aromatic carbocycles. The Morgan fingerprint density at radius 2 is 1.13 bits per heavy atom. The van der Waals surface area contributed by atoms with Crippen LogP contribution >= 0.6 is 0 Å². The first-order chi connectivity index (χ1) is 23.3. The van der Waals surface area contributed by atoms with Gasteiger partial charge in [-0.05, 0) is 46.0 Å². The molecule has 4 nitrogen and oxygen atoms in total. The lowest BCUT2D eigenvalue weighted by atomic mass is 9.85. The van der Waals surface area contributed by atoms with Gasteiger partial charge in [0.1, 0.15) is 11.3 Å². The molecule has 0 bridgehead atoms. The molecule has 0 saturated carbocycles. The number of aromatic nitrogens is 3. The fourth-order valence-electron chi connectivity index (χ4n) is 6.79. The van der Waals surface area contributed by atoms with Crippen LogP contribution in [-0.4, -0.2) is 15.0 Å². The molecule has 2 heterocycles. The zero-order valence-corrected chi connectivity index (χ0v) is 25.5. The Balaban J connectivity index is 1.11. The summed E-state index contributed by atoms with van der Waals surface area (Å²) in [6.07, 6.45) is 5.22. The van der Waals surface area contributed by atoms with Crippen molar-refractivity contribution in [2.24, 2.45) is 0 Å². The van der Waals surface area contributed by atoms with Crippen molar-refractivity contribution in [3.8, 4) is 45.3 Å². The van der Waals surface area contributed by atoms with Crippen LogP contribution in [0.15, 0.2) is 156 Å². The maximum Gasteiger partial charge on any atom is 0.164 e. The van der Waals surface area contributed by atoms with Crippen LogP contribution < -0.4 is 0 Å². The van der Waals surface area contributed by atoms with Crippen LogP contribution in [-0.2, 0) is 6.42 Å². The SMILES string of the molecule is C1=C[C@@H](c2ccc(-c3cccc4ccccc34)cc2)Cc2c1oc1cccc(-c3nc(-c4ccccc4)nc(-c4ccccc4)n3)c21. The van der Waals surface area contributed by atoms with Crippen molar-refractivity contribution in [3.63, 3.8) is 0 Å². The van der Waals surface area contributed by atoms with Crippen molar-refractivity contribution >= 4 is 27.8 Å². The molecule has 0 N–H and O–H groups in total. The summed E-state index contributed by atoms with van der Waals surface area (Å²) in [7, 11) is 0. The highest BCUT2D eigenvalue weighted by molar-refractivity contribution is 5.98. The zero-order valence-electron chi connectivity index (χ0n) is 25.5. The average Bonchev–Trinajstić information content (AvgIpc) is 3.53. The van der Waals surface area contributed by atoms with Crippen LogP contribution in [0.2, 0.25) is 0 Å². The van der Waals surface area contributed by atoms with Crippen molar-refractivity contribution < 1.29 is 4.42 Å². The molecule has 0 fully saturated rings. The van der Waals surface area contributed by atoms with Gasteiger partial charge in [-0.25, -0.2) is 15.0 Å². The smallest absolute Gasteiger partial charge is 0.164 e. The molecule has 0 saturated heterocycles. The molecular weight excluding hydrogens is 574 g/mol. The normalized spacial score (nSPS) is 14.0. The van der Waals surface area contributed by atoms with E-state index in [9.17, 15) is 0 Å². The van der Waals surface area contributed by atoms with Crippen LogP contribution in [0.3, 0.4) is 0 Å². The minimum atomic E-state index is 0.219. The van der Waals surface area contributed by atoms with E-state index in [1.165, 1.54) is 33.0 Å². The lowest BCUT2D eigenvalue weighted by molar-refractivity contribution is 0.591. The summed E-state index contributed by atoms with van der Waals surface area (Å²) in [6.45, 7) is 0. The maximum absolute atomic E-state index is 6.43. The summed E-state index contributed by atoms with van der Waals surface area (Å²) >= 11 is 0. The Labute approximate surface area is 272 Å². The largest absolute Gasteiger partial charge is 0.456 e. The van der Waals surface area contributed by atoms with Crippen LogP contribution in [0.25, 0.3) is 73.1 Å². The van der Waals surface area contributed by atoms with E-state index < -0.39 is 0 Å². The van der Waals surface area contributed by atoms with Gasteiger partial charge < -0.3 is 4.42 Å². The predicted octanol–water partition coefficient (Wildman–Crippen LogP) is 10.8. The Hall–Kier alpha value is -6.13. The fourth-order valence-corrected chi connectivity index (χ4v) is 6.79. The van der Waals surface area contributed by atoms with E-state index in [1.54, 1.807) is 0 Å². The third-order valence-corrected chi connectivity index (χ3v) is 9.13. The number of hydrogen-bond donors (Lipinski definition) is 0. The van der Waals surface area contributed by atoms with Crippen molar-refractivity contribution in [1.82, 2.24) is 15.0 Å². The van der Waals surface area contributed by atoms with E-state index in [1.807, 2.05) is 72.8 Å². The topological polar surface area (TPSA) is 51.8 Å². The summed E-state index contributed by atoms with van der Waals surface area (Å²) in [4.78, 5) is 15.0. The highest BCUT2D eigenvalue weighted by atomic mass is 16.3. The molecule has 0 aliphatic heterocycles. The Bertz CT molecular complexity index is 2360. The molecule has 1 aliphatic carbocycles. The first-order valence-electron chi connectivity index (χ1n) is 16.0. The number of fused-ring (bicyclic) bond motifs is 4. The average molecular weight is 604 g/mol. The summed E-state index contributed by atoms with van der Waals surface area (Å²) in [5, 5.41) is 3.59. The van der Waals surface area contributed by atoms with Crippen molar-refractivity contribution in [2.75, 3.05) is 0 Å². The molecule has 1 atom stereocenters. The molecule has 9 rings (SSSR count).